The van der Waals surface area contributed by atoms with Crippen molar-refractivity contribution >= 4 is 17.9 Å². The Morgan fingerprint density at radius 1 is 0.714 bits per heavy atom. The van der Waals surface area contributed by atoms with Crippen LogP contribution in [0.4, 0.5) is 0 Å². The molecule has 2 fully saturated rings. The Hall–Kier alpha value is -2.41. The Morgan fingerprint density at radius 2 is 1.14 bits per heavy atom. The third kappa shape index (κ3) is 2.25. The van der Waals surface area contributed by atoms with Gasteiger partial charge in [0.25, 0.3) is 0 Å². The van der Waals surface area contributed by atoms with Gasteiger partial charge < -0.3 is 0 Å². The van der Waals surface area contributed by atoms with Crippen molar-refractivity contribution < 1.29 is 4.79 Å². The highest BCUT2D eigenvalue weighted by atomic mass is 16.1. The molecule has 0 spiro atoms. The van der Waals surface area contributed by atoms with Gasteiger partial charge in [0.2, 0.25) is 0 Å². The van der Waals surface area contributed by atoms with Crippen molar-refractivity contribution in [2.45, 2.75) is 6.42 Å². The van der Waals surface area contributed by atoms with Crippen LogP contribution in [0.25, 0.3) is 12.2 Å². The first kappa shape index (κ1) is 12.3. The molecule has 0 N–H and O–H groups in total. The number of ketones is 1. The first-order valence-corrected chi connectivity index (χ1v) is 7.41. The number of allylic oxidation sites excluding steroid dienone is 2. The normalized spacial score (nSPS) is 27.1. The van der Waals surface area contributed by atoms with Crippen molar-refractivity contribution in [2.24, 2.45) is 11.8 Å². The number of rotatable bonds is 2. The van der Waals surface area contributed by atoms with E-state index in [-0.39, 0.29) is 5.78 Å². The second-order valence-corrected chi connectivity index (χ2v) is 5.80. The summed E-state index contributed by atoms with van der Waals surface area (Å²) in [4.78, 5) is 12.6. The summed E-state index contributed by atoms with van der Waals surface area (Å²) in [6.07, 6.45) is 5.26. The van der Waals surface area contributed by atoms with E-state index in [1.165, 1.54) is 0 Å². The molecule has 2 saturated carbocycles. The SMILES string of the molecule is O=C1/C(=C\c2ccccc2)[C@@H]2C[C@@H]2/C1=C\c1ccccc1. The minimum atomic E-state index is 0.240. The van der Waals surface area contributed by atoms with E-state index in [1.807, 2.05) is 36.4 Å². The minimum Gasteiger partial charge on any atom is -0.289 e. The van der Waals surface area contributed by atoms with Crippen molar-refractivity contribution in [3.63, 3.8) is 0 Å². The molecule has 2 aliphatic rings. The second-order valence-electron chi connectivity index (χ2n) is 5.80. The monoisotopic (exact) mass is 272 g/mol. The van der Waals surface area contributed by atoms with Crippen LogP contribution in [0.5, 0.6) is 0 Å². The van der Waals surface area contributed by atoms with Gasteiger partial charge >= 0.3 is 0 Å². The first-order chi connectivity index (χ1) is 10.3. The van der Waals surface area contributed by atoms with Gasteiger partial charge in [-0.05, 0) is 41.5 Å². The van der Waals surface area contributed by atoms with Crippen LogP contribution in [0.15, 0.2) is 71.8 Å². The molecule has 0 aromatic heterocycles. The van der Waals surface area contributed by atoms with Crippen LogP contribution < -0.4 is 0 Å². The maximum Gasteiger partial charge on any atom is 0.185 e. The highest BCUT2D eigenvalue weighted by Crippen LogP contribution is 2.57. The summed E-state index contributed by atoms with van der Waals surface area (Å²) in [5.41, 5.74) is 4.22. The summed E-state index contributed by atoms with van der Waals surface area (Å²) in [6, 6.07) is 20.3. The molecule has 0 saturated heterocycles. The number of carbonyl (C=O) groups excluding carboxylic acids is 1. The van der Waals surface area contributed by atoms with Crippen LogP contribution in [-0.4, -0.2) is 5.78 Å². The van der Waals surface area contributed by atoms with Crippen LogP contribution in [0.1, 0.15) is 17.5 Å². The Kier molecular flexibility index (Phi) is 2.85. The van der Waals surface area contributed by atoms with Gasteiger partial charge in [-0.2, -0.15) is 0 Å². The minimum absolute atomic E-state index is 0.240. The van der Waals surface area contributed by atoms with Crippen molar-refractivity contribution in [2.75, 3.05) is 0 Å². The maximum absolute atomic E-state index is 12.6. The fraction of sp³-hybridized carbons (Fsp3) is 0.150. The van der Waals surface area contributed by atoms with Gasteiger partial charge in [0.05, 0.1) is 0 Å². The van der Waals surface area contributed by atoms with E-state index >= 15 is 0 Å². The predicted octanol–water partition coefficient (Wildman–Crippen LogP) is 4.37. The van der Waals surface area contributed by atoms with Crippen LogP contribution in [0.3, 0.4) is 0 Å². The molecular weight excluding hydrogens is 256 g/mol. The third-order valence-corrected chi connectivity index (χ3v) is 4.36. The van der Waals surface area contributed by atoms with Gasteiger partial charge in [-0.25, -0.2) is 0 Å². The van der Waals surface area contributed by atoms with Crippen LogP contribution in [0, 0.1) is 11.8 Å². The zero-order valence-corrected chi connectivity index (χ0v) is 11.7. The van der Waals surface area contributed by atoms with Gasteiger partial charge in [-0.1, -0.05) is 60.7 Å². The molecule has 1 heteroatoms. The molecule has 2 aliphatic carbocycles. The number of Topliss-reactive ketones (excluding diaryl/α,β-unsaturated/α-hetero) is 1. The van der Waals surface area contributed by atoms with E-state index in [1.54, 1.807) is 0 Å². The molecule has 102 valence electrons. The first-order valence-electron chi connectivity index (χ1n) is 7.41. The number of carbonyl (C=O) groups is 1. The molecule has 0 heterocycles. The Balaban J connectivity index is 1.68. The van der Waals surface area contributed by atoms with Crippen LogP contribution in [0.2, 0.25) is 0 Å². The fourth-order valence-corrected chi connectivity index (χ4v) is 3.19. The molecule has 4 rings (SSSR count). The summed E-state index contributed by atoms with van der Waals surface area (Å²) in [5.74, 6) is 1.14. The number of hydrogen-bond acceptors (Lipinski definition) is 1. The average molecular weight is 272 g/mol. The van der Waals surface area contributed by atoms with E-state index in [4.69, 9.17) is 0 Å². The van der Waals surface area contributed by atoms with E-state index in [9.17, 15) is 4.79 Å². The highest BCUT2D eigenvalue weighted by Gasteiger charge is 2.53. The zero-order chi connectivity index (χ0) is 14.2. The summed E-state index contributed by atoms with van der Waals surface area (Å²) in [6.45, 7) is 0. The molecule has 0 bridgehead atoms. The lowest BCUT2D eigenvalue weighted by Crippen LogP contribution is -2.01. The molecule has 0 amide bonds. The largest absolute Gasteiger partial charge is 0.289 e. The smallest absolute Gasteiger partial charge is 0.185 e. The number of fused-ring (bicyclic) bond motifs is 1. The molecule has 0 radical (unpaired) electrons. The highest BCUT2D eigenvalue weighted by molar-refractivity contribution is 6.18. The standard InChI is InChI=1S/C20H16O/c21-20-18(11-14-7-3-1-4-8-14)16-13-17(16)19(20)12-15-9-5-2-6-10-15/h1-12,16-17H,13H2/b18-11-,19-12+/t16-,17+/m1/s1. The average Bonchev–Trinajstić information content (AvgIpc) is 3.27. The number of hydrogen-bond donors (Lipinski definition) is 0. The predicted molar refractivity (Wildman–Crippen MR) is 85.4 cm³/mol. The van der Waals surface area contributed by atoms with Crippen molar-refractivity contribution in [1.82, 2.24) is 0 Å². The number of benzene rings is 2. The summed E-state index contributed by atoms with van der Waals surface area (Å²) in [5, 5.41) is 0. The zero-order valence-electron chi connectivity index (χ0n) is 11.7. The van der Waals surface area contributed by atoms with Crippen LogP contribution in [-0.2, 0) is 4.79 Å². The van der Waals surface area contributed by atoms with E-state index in [0.29, 0.717) is 11.8 Å². The molecular formula is C20H16O. The van der Waals surface area contributed by atoms with Gasteiger partial charge in [-0.15, -0.1) is 0 Å². The van der Waals surface area contributed by atoms with Crippen molar-refractivity contribution in [3.8, 4) is 0 Å². The van der Waals surface area contributed by atoms with Gasteiger partial charge in [-0.3, -0.25) is 4.79 Å². The Labute approximate surface area is 124 Å². The summed E-state index contributed by atoms with van der Waals surface area (Å²) in [7, 11) is 0. The quantitative estimate of drug-likeness (QED) is 0.742. The van der Waals surface area contributed by atoms with Gasteiger partial charge in [0.1, 0.15) is 0 Å². The topological polar surface area (TPSA) is 17.1 Å². The lowest BCUT2D eigenvalue weighted by molar-refractivity contribution is -0.111. The van der Waals surface area contributed by atoms with E-state index in [0.717, 1.165) is 28.7 Å². The Morgan fingerprint density at radius 3 is 1.57 bits per heavy atom. The molecule has 2 atom stereocenters. The van der Waals surface area contributed by atoms with E-state index in [2.05, 4.69) is 36.4 Å². The Bertz CT molecular complexity index is 674. The molecule has 2 aromatic carbocycles. The molecule has 1 nitrogen and oxygen atoms in total. The van der Waals surface area contributed by atoms with E-state index < -0.39 is 0 Å². The third-order valence-electron chi connectivity index (χ3n) is 4.36. The summed E-state index contributed by atoms with van der Waals surface area (Å²) >= 11 is 0. The lowest BCUT2D eigenvalue weighted by Gasteiger charge is -2.02. The van der Waals surface area contributed by atoms with Gasteiger partial charge in [0.15, 0.2) is 5.78 Å². The molecule has 0 aliphatic heterocycles. The van der Waals surface area contributed by atoms with Crippen molar-refractivity contribution in [3.05, 3.63) is 82.9 Å². The molecule has 0 unspecified atom stereocenters. The molecule has 21 heavy (non-hydrogen) atoms. The van der Waals surface area contributed by atoms with Crippen molar-refractivity contribution in [1.29, 1.82) is 0 Å². The second kappa shape index (κ2) is 4.85. The van der Waals surface area contributed by atoms with Gasteiger partial charge in [0, 0.05) is 11.1 Å². The summed E-state index contributed by atoms with van der Waals surface area (Å²) < 4.78 is 0. The maximum atomic E-state index is 12.6. The molecule has 2 aromatic rings. The van der Waals surface area contributed by atoms with Crippen LogP contribution >= 0.6 is 0 Å². The fourth-order valence-electron chi connectivity index (χ4n) is 3.19. The lowest BCUT2D eigenvalue weighted by atomic mass is 10.0.